The maximum atomic E-state index is 12.9. The zero-order valence-electron chi connectivity index (χ0n) is 18.0. The Morgan fingerprint density at radius 1 is 1.12 bits per heavy atom. The van der Waals surface area contributed by atoms with E-state index in [9.17, 15) is 18.0 Å². The Hall–Kier alpha value is -2.91. The van der Waals surface area contributed by atoms with Gasteiger partial charge < -0.3 is 14.4 Å². The monoisotopic (exact) mass is 458 g/mol. The second-order valence-electron chi connectivity index (χ2n) is 8.09. The molecule has 32 heavy (non-hydrogen) atoms. The van der Waals surface area contributed by atoms with E-state index < -0.39 is 22.1 Å². The molecule has 2 aromatic rings. The highest BCUT2D eigenvalue weighted by Crippen LogP contribution is 2.29. The average Bonchev–Trinajstić information content (AvgIpc) is 3.61. The van der Waals surface area contributed by atoms with Crippen molar-refractivity contribution in [1.82, 2.24) is 9.62 Å². The maximum Gasteiger partial charge on any atom is 0.338 e. The number of amides is 1. The standard InChI is InChI=1S/C23H26N2O6S/c1-15(22(26)25-12-11-16-5-3-4-6-18(16)14-25)31-23(27)17-7-10-20(30-2)21(13-17)32(28,29)24-19-8-9-19/h3-7,10,13,15,19,24H,8-9,11-12,14H2,1-2H3/t15-/m1/s1. The number of fused-ring (bicyclic) bond motifs is 1. The van der Waals surface area contributed by atoms with Gasteiger partial charge in [0.15, 0.2) is 6.10 Å². The number of rotatable bonds is 7. The van der Waals surface area contributed by atoms with Crippen LogP contribution in [0.3, 0.4) is 0 Å². The lowest BCUT2D eigenvalue weighted by atomic mass is 9.99. The first-order valence-electron chi connectivity index (χ1n) is 10.6. The quantitative estimate of drug-likeness (QED) is 0.639. The molecular formula is C23H26N2O6S. The molecule has 2 aliphatic rings. The van der Waals surface area contributed by atoms with E-state index in [0.717, 1.165) is 24.8 Å². The van der Waals surface area contributed by atoms with Gasteiger partial charge in [0.05, 0.1) is 12.7 Å². The van der Waals surface area contributed by atoms with E-state index in [0.29, 0.717) is 13.1 Å². The first-order chi connectivity index (χ1) is 15.3. The van der Waals surface area contributed by atoms with Crippen molar-refractivity contribution < 1.29 is 27.5 Å². The van der Waals surface area contributed by atoms with Gasteiger partial charge in [0, 0.05) is 19.1 Å². The second kappa shape index (κ2) is 8.91. The molecule has 0 saturated heterocycles. The number of esters is 1. The van der Waals surface area contributed by atoms with Gasteiger partial charge in [-0.15, -0.1) is 0 Å². The van der Waals surface area contributed by atoms with Crippen LogP contribution in [0.15, 0.2) is 47.4 Å². The maximum absolute atomic E-state index is 12.9. The predicted molar refractivity (Wildman–Crippen MR) is 117 cm³/mol. The average molecular weight is 459 g/mol. The zero-order chi connectivity index (χ0) is 22.9. The van der Waals surface area contributed by atoms with Crippen LogP contribution in [-0.2, 0) is 32.5 Å². The number of ether oxygens (including phenoxy) is 2. The summed E-state index contributed by atoms with van der Waals surface area (Å²) >= 11 is 0. The summed E-state index contributed by atoms with van der Waals surface area (Å²) in [5, 5.41) is 0. The van der Waals surface area contributed by atoms with Gasteiger partial charge in [0.1, 0.15) is 10.6 Å². The number of methoxy groups -OCH3 is 1. The molecule has 170 valence electrons. The number of carbonyl (C=O) groups excluding carboxylic acids is 2. The van der Waals surface area contributed by atoms with Crippen LogP contribution < -0.4 is 9.46 Å². The van der Waals surface area contributed by atoms with Crippen LogP contribution in [0.25, 0.3) is 0 Å². The SMILES string of the molecule is COc1ccc(C(=O)O[C@H](C)C(=O)N2CCc3ccccc3C2)cc1S(=O)(=O)NC1CC1. The molecule has 1 atom stereocenters. The lowest BCUT2D eigenvalue weighted by Crippen LogP contribution is -2.42. The third kappa shape index (κ3) is 4.78. The summed E-state index contributed by atoms with van der Waals surface area (Å²) < 4.78 is 38.5. The third-order valence-electron chi connectivity index (χ3n) is 5.66. The molecule has 1 saturated carbocycles. The van der Waals surface area contributed by atoms with Gasteiger partial charge >= 0.3 is 5.97 Å². The molecule has 1 heterocycles. The van der Waals surface area contributed by atoms with Crippen molar-refractivity contribution in [3.8, 4) is 5.75 Å². The number of nitrogens with one attached hydrogen (secondary N) is 1. The van der Waals surface area contributed by atoms with E-state index in [1.807, 2.05) is 24.3 Å². The first-order valence-corrected chi connectivity index (χ1v) is 12.0. The van der Waals surface area contributed by atoms with Gasteiger partial charge in [0.25, 0.3) is 5.91 Å². The van der Waals surface area contributed by atoms with Crippen LogP contribution in [0.4, 0.5) is 0 Å². The number of sulfonamides is 1. The number of benzene rings is 2. The second-order valence-corrected chi connectivity index (χ2v) is 9.77. The van der Waals surface area contributed by atoms with Crippen molar-refractivity contribution in [2.24, 2.45) is 0 Å². The number of nitrogens with zero attached hydrogens (tertiary/aromatic N) is 1. The smallest absolute Gasteiger partial charge is 0.338 e. The van der Waals surface area contributed by atoms with Gasteiger partial charge in [0.2, 0.25) is 10.0 Å². The largest absolute Gasteiger partial charge is 0.495 e. The van der Waals surface area contributed by atoms with Gasteiger partial charge in [-0.1, -0.05) is 24.3 Å². The van der Waals surface area contributed by atoms with E-state index >= 15 is 0 Å². The molecule has 0 unspecified atom stereocenters. The van der Waals surface area contributed by atoms with Crippen LogP contribution in [0.5, 0.6) is 5.75 Å². The Morgan fingerprint density at radius 3 is 2.53 bits per heavy atom. The Morgan fingerprint density at radius 2 is 1.84 bits per heavy atom. The van der Waals surface area contributed by atoms with Crippen LogP contribution in [-0.4, -0.2) is 51.0 Å². The molecule has 1 fully saturated rings. The molecule has 1 aliphatic heterocycles. The topological polar surface area (TPSA) is 102 Å². The molecule has 1 amide bonds. The number of hydrogen-bond acceptors (Lipinski definition) is 6. The summed E-state index contributed by atoms with van der Waals surface area (Å²) in [6, 6.07) is 11.9. The summed E-state index contributed by atoms with van der Waals surface area (Å²) in [6.07, 6.45) is 1.31. The van der Waals surface area contributed by atoms with Gasteiger partial charge in [-0.3, -0.25) is 4.79 Å². The molecule has 2 aromatic carbocycles. The fraction of sp³-hybridized carbons (Fsp3) is 0.391. The summed E-state index contributed by atoms with van der Waals surface area (Å²) in [5.41, 5.74) is 2.33. The van der Waals surface area contributed by atoms with E-state index in [2.05, 4.69) is 4.72 Å². The third-order valence-corrected chi connectivity index (χ3v) is 7.20. The summed E-state index contributed by atoms with van der Waals surface area (Å²) in [5.74, 6) is -0.927. The minimum Gasteiger partial charge on any atom is -0.495 e. The highest BCUT2D eigenvalue weighted by Gasteiger charge is 2.31. The summed E-state index contributed by atoms with van der Waals surface area (Å²) in [7, 11) is -2.48. The molecule has 0 spiro atoms. The Balaban J connectivity index is 1.46. The predicted octanol–water partition coefficient (Wildman–Crippen LogP) is 2.27. The van der Waals surface area contributed by atoms with Crippen molar-refractivity contribution >= 4 is 21.9 Å². The fourth-order valence-corrected chi connectivity index (χ4v) is 5.22. The number of hydrogen-bond donors (Lipinski definition) is 1. The highest BCUT2D eigenvalue weighted by molar-refractivity contribution is 7.89. The molecule has 0 radical (unpaired) electrons. The van der Waals surface area contributed by atoms with Gasteiger partial charge in [-0.2, -0.15) is 0 Å². The number of carbonyl (C=O) groups is 2. The minimum atomic E-state index is -3.84. The molecule has 8 nitrogen and oxygen atoms in total. The van der Waals surface area contributed by atoms with E-state index in [1.165, 1.54) is 37.8 Å². The molecule has 0 aromatic heterocycles. The van der Waals surface area contributed by atoms with Crippen molar-refractivity contribution in [1.29, 1.82) is 0 Å². The fourth-order valence-electron chi connectivity index (χ4n) is 3.72. The van der Waals surface area contributed by atoms with Crippen molar-refractivity contribution in [2.75, 3.05) is 13.7 Å². The molecule has 4 rings (SSSR count). The Bertz CT molecular complexity index is 1140. The lowest BCUT2D eigenvalue weighted by Gasteiger charge is -2.30. The normalized spacial score (nSPS) is 16.8. The molecular weight excluding hydrogens is 432 g/mol. The Labute approximate surface area is 187 Å². The van der Waals surface area contributed by atoms with Crippen LogP contribution in [0, 0.1) is 0 Å². The molecule has 9 heteroatoms. The van der Waals surface area contributed by atoms with Crippen molar-refractivity contribution in [3.05, 3.63) is 59.2 Å². The molecule has 1 aliphatic carbocycles. The Kier molecular flexibility index (Phi) is 6.21. The van der Waals surface area contributed by atoms with Crippen molar-refractivity contribution in [2.45, 2.75) is 49.8 Å². The van der Waals surface area contributed by atoms with Gasteiger partial charge in [-0.25, -0.2) is 17.9 Å². The molecule has 0 bridgehead atoms. The summed E-state index contributed by atoms with van der Waals surface area (Å²) in [6.45, 7) is 2.54. The summed E-state index contributed by atoms with van der Waals surface area (Å²) in [4.78, 5) is 27.1. The van der Waals surface area contributed by atoms with E-state index in [-0.39, 0.29) is 28.2 Å². The van der Waals surface area contributed by atoms with Crippen LogP contribution in [0.2, 0.25) is 0 Å². The van der Waals surface area contributed by atoms with Crippen LogP contribution in [0.1, 0.15) is 41.3 Å². The van der Waals surface area contributed by atoms with Gasteiger partial charge in [-0.05, 0) is 55.5 Å². The molecule has 1 N–H and O–H groups in total. The minimum absolute atomic E-state index is 0.0330. The highest BCUT2D eigenvalue weighted by atomic mass is 32.2. The van der Waals surface area contributed by atoms with Crippen molar-refractivity contribution in [3.63, 3.8) is 0 Å². The van der Waals surface area contributed by atoms with Crippen LogP contribution >= 0.6 is 0 Å². The van der Waals surface area contributed by atoms with E-state index in [4.69, 9.17) is 9.47 Å². The van der Waals surface area contributed by atoms with E-state index in [1.54, 1.807) is 4.90 Å². The zero-order valence-corrected chi connectivity index (χ0v) is 18.9. The lowest BCUT2D eigenvalue weighted by molar-refractivity contribution is -0.140. The first kappa shape index (κ1) is 22.3.